The molecule has 1 N–H and O–H groups in total. The Bertz CT molecular complexity index is 692. The monoisotopic (exact) mass is 367 g/mol. The maximum Gasteiger partial charge on any atom is 0.240 e. The number of rotatable bonds is 5. The van der Waals surface area contributed by atoms with E-state index in [1.165, 1.54) is 0 Å². The first-order chi connectivity index (χ1) is 9.88. The third-order valence-corrected chi connectivity index (χ3v) is 5.18. The minimum atomic E-state index is -3.47. The summed E-state index contributed by atoms with van der Waals surface area (Å²) in [5, 5.41) is 0. The number of hydrogen-bond donors (Lipinski definition) is 1. The van der Waals surface area contributed by atoms with Crippen LogP contribution in [0.5, 0.6) is 0 Å². The molecular formula is C16H18BrNO2S. The van der Waals surface area contributed by atoms with Gasteiger partial charge in [0.1, 0.15) is 0 Å². The Morgan fingerprint density at radius 2 is 1.57 bits per heavy atom. The van der Waals surface area contributed by atoms with Crippen molar-refractivity contribution in [1.29, 1.82) is 0 Å². The minimum absolute atomic E-state index is 0.279. The molecule has 0 heterocycles. The van der Waals surface area contributed by atoms with Crippen molar-refractivity contribution in [2.24, 2.45) is 0 Å². The number of sulfonamides is 1. The second-order valence-corrected chi connectivity index (χ2v) is 7.86. The first-order valence-corrected chi connectivity index (χ1v) is 9.00. The number of halogens is 1. The highest BCUT2D eigenvalue weighted by Gasteiger charge is 2.13. The Morgan fingerprint density at radius 1 is 1.00 bits per heavy atom. The van der Waals surface area contributed by atoms with Gasteiger partial charge in [0.25, 0.3) is 0 Å². The third-order valence-electron chi connectivity index (χ3n) is 3.24. The van der Waals surface area contributed by atoms with Gasteiger partial charge in [-0.3, -0.25) is 0 Å². The highest BCUT2D eigenvalue weighted by Crippen LogP contribution is 2.17. The summed E-state index contributed by atoms with van der Waals surface area (Å²) in [6.45, 7) is 4.44. The van der Waals surface area contributed by atoms with Crippen molar-refractivity contribution in [3.05, 3.63) is 64.1 Å². The van der Waals surface area contributed by atoms with Crippen LogP contribution in [-0.2, 0) is 16.6 Å². The van der Waals surface area contributed by atoms with Crippen LogP contribution in [0.3, 0.4) is 0 Å². The molecule has 0 unspecified atom stereocenters. The van der Waals surface area contributed by atoms with Gasteiger partial charge in [-0.2, -0.15) is 0 Å². The molecule has 0 spiro atoms. The van der Waals surface area contributed by atoms with Crippen molar-refractivity contribution in [3.8, 4) is 0 Å². The van der Waals surface area contributed by atoms with Gasteiger partial charge in [-0.1, -0.05) is 54.0 Å². The van der Waals surface area contributed by atoms with E-state index in [4.69, 9.17) is 0 Å². The van der Waals surface area contributed by atoms with Gasteiger partial charge in [0.05, 0.1) is 4.90 Å². The molecular weight excluding hydrogens is 350 g/mol. The molecule has 112 valence electrons. The van der Waals surface area contributed by atoms with Crippen LogP contribution in [0.15, 0.2) is 57.9 Å². The van der Waals surface area contributed by atoms with Crippen LogP contribution in [0.1, 0.15) is 30.9 Å². The van der Waals surface area contributed by atoms with Crippen LogP contribution in [-0.4, -0.2) is 8.42 Å². The molecule has 0 saturated carbocycles. The summed E-state index contributed by atoms with van der Waals surface area (Å²) in [5.41, 5.74) is 2.04. The molecule has 2 aromatic carbocycles. The average molecular weight is 368 g/mol. The van der Waals surface area contributed by atoms with Crippen molar-refractivity contribution in [2.45, 2.75) is 31.2 Å². The standard InChI is InChI=1S/C16H18BrNO2S/c1-12(2)14-5-9-16(10-6-14)21(19,20)18-11-13-3-7-15(17)8-4-13/h3-10,12,18H,11H2,1-2H3. The zero-order chi connectivity index (χ0) is 15.5. The van der Waals surface area contributed by atoms with Crippen LogP contribution in [0.25, 0.3) is 0 Å². The van der Waals surface area contributed by atoms with Gasteiger partial charge in [0.2, 0.25) is 10.0 Å². The van der Waals surface area contributed by atoms with E-state index in [1.54, 1.807) is 12.1 Å². The van der Waals surface area contributed by atoms with Gasteiger partial charge in [0.15, 0.2) is 0 Å². The predicted molar refractivity (Wildman–Crippen MR) is 88.7 cm³/mol. The zero-order valence-corrected chi connectivity index (χ0v) is 14.4. The number of benzene rings is 2. The summed E-state index contributed by atoms with van der Waals surface area (Å²) in [7, 11) is -3.47. The molecule has 0 aliphatic rings. The van der Waals surface area contributed by atoms with Gasteiger partial charge in [-0.15, -0.1) is 0 Å². The fraction of sp³-hybridized carbons (Fsp3) is 0.250. The lowest BCUT2D eigenvalue weighted by molar-refractivity contribution is 0.581. The van der Waals surface area contributed by atoms with Crippen molar-refractivity contribution in [2.75, 3.05) is 0 Å². The van der Waals surface area contributed by atoms with Crippen molar-refractivity contribution in [1.82, 2.24) is 4.72 Å². The Kier molecular flexibility index (Phi) is 5.19. The van der Waals surface area contributed by atoms with Crippen molar-refractivity contribution in [3.63, 3.8) is 0 Å². The van der Waals surface area contributed by atoms with E-state index >= 15 is 0 Å². The minimum Gasteiger partial charge on any atom is -0.207 e. The highest BCUT2D eigenvalue weighted by molar-refractivity contribution is 9.10. The lowest BCUT2D eigenvalue weighted by Crippen LogP contribution is -2.23. The first-order valence-electron chi connectivity index (χ1n) is 6.72. The molecule has 0 aliphatic heterocycles. The van der Waals surface area contributed by atoms with E-state index in [0.29, 0.717) is 10.8 Å². The summed E-state index contributed by atoms with van der Waals surface area (Å²) in [6, 6.07) is 14.6. The maximum atomic E-state index is 12.2. The summed E-state index contributed by atoms with van der Waals surface area (Å²) < 4.78 is 28.1. The fourth-order valence-corrected chi connectivity index (χ4v) is 3.18. The van der Waals surface area contributed by atoms with E-state index in [9.17, 15) is 8.42 Å². The van der Waals surface area contributed by atoms with Crippen LogP contribution in [0, 0.1) is 0 Å². The highest BCUT2D eigenvalue weighted by atomic mass is 79.9. The second kappa shape index (κ2) is 6.73. The molecule has 0 aromatic heterocycles. The number of nitrogens with one attached hydrogen (secondary N) is 1. The quantitative estimate of drug-likeness (QED) is 0.866. The van der Waals surface area contributed by atoms with Crippen LogP contribution >= 0.6 is 15.9 Å². The van der Waals surface area contributed by atoms with Gasteiger partial charge in [0, 0.05) is 11.0 Å². The van der Waals surface area contributed by atoms with Crippen molar-refractivity contribution < 1.29 is 8.42 Å². The van der Waals surface area contributed by atoms with E-state index < -0.39 is 10.0 Å². The summed E-state index contributed by atoms with van der Waals surface area (Å²) in [6.07, 6.45) is 0. The maximum absolute atomic E-state index is 12.2. The lowest BCUT2D eigenvalue weighted by Gasteiger charge is -2.09. The molecule has 2 aromatic rings. The molecule has 0 saturated heterocycles. The molecule has 0 aliphatic carbocycles. The summed E-state index contributed by atoms with van der Waals surface area (Å²) >= 11 is 3.35. The topological polar surface area (TPSA) is 46.2 Å². The Labute approximate surface area is 134 Å². The van der Waals surface area contributed by atoms with Gasteiger partial charge >= 0.3 is 0 Å². The molecule has 3 nitrogen and oxygen atoms in total. The summed E-state index contributed by atoms with van der Waals surface area (Å²) in [4.78, 5) is 0.295. The smallest absolute Gasteiger partial charge is 0.207 e. The predicted octanol–water partition coefficient (Wildman–Crippen LogP) is 4.05. The van der Waals surface area contributed by atoms with Crippen LogP contribution in [0.4, 0.5) is 0 Å². The molecule has 0 bridgehead atoms. The molecule has 0 fully saturated rings. The SMILES string of the molecule is CC(C)c1ccc(S(=O)(=O)NCc2ccc(Br)cc2)cc1. The Morgan fingerprint density at radius 3 is 2.10 bits per heavy atom. The van der Waals surface area contributed by atoms with Gasteiger partial charge < -0.3 is 0 Å². The molecule has 21 heavy (non-hydrogen) atoms. The van der Waals surface area contributed by atoms with Crippen molar-refractivity contribution >= 4 is 26.0 Å². The van der Waals surface area contributed by atoms with E-state index in [0.717, 1.165) is 15.6 Å². The molecule has 0 radical (unpaired) electrons. The largest absolute Gasteiger partial charge is 0.240 e. The lowest BCUT2D eigenvalue weighted by atomic mass is 10.0. The van der Waals surface area contributed by atoms with Gasteiger partial charge in [-0.25, -0.2) is 13.1 Å². The summed E-state index contributed by atoms with van der Waals surface area (Å²) in [5.74, 6) is 0.387. The average Bonchev–Trinajstić information content (AvgIpc) is 2.47. The Hall–Kier alpha value is -1.17. The van der Waals surface area contributed by atoms with Gasteiger partial charge in [-0.05, 0) is 41.3 Å². The Balaban J connectivity index is 2.09. The van der Waals surface area contributed by atoms with Crippen LogP contribution in [0.2, 0.25) is 0 Å². The first kappa shape index (κ1) is 16.2. The normalized spacial score (nSPS) is 11.8. The second-order valence-electron chi connectivity index (χ2n) is 5.17. The van der Waals surface area contributed by atoms with E-state index in [2.05, 4.69) is 34.5 Å². The van der Waals surface area contributed by atoms with Crippen LogP contribution < -0.4 is 4.72 Å². The molecule has 0 amide bonds. The van der Waals surface area contributed by atoms with E-state index in [1.807, 2.05) is 36.4 Å². The molecule has 0 atom stereocenters. The number of hydrogen-bond acceptors (Lipinski definition) is 2. The molecule has 5 heteroatoms. The zero-order valence-electron chi connectivity index (χ0n) is 12.0. The molecule has 2 rings (SSSR count). The van der Waals surface area contributed by atoms with E-state index in [-0.39, 0.29) is 6.54 Å². The third kappa shape index (κ3) is 4.40. The fourth-order valence-electron chi connectivity index (χ4n) is 1.90.